The molecule has 3 heterocycles. The van der Waals surface area contributed by atoms with Crippen molar-refractivity contribution >= 4 is 34.6 Å². The zero-order chi connectivity index (χ0) is 25.1. The number of rotatable bonds is 7. The lowest BCUT2D eigenvalue weighted by molar-refractivity contribution is -0.115. The van der Waals surface area contributed by atoms with Crippen molar-refractivity contribution in [2.24, 2.45) is 0 Å². The Labute approximate surface area is 215 Å². The zero-order valence-corrected chi connectivity index (χ0v) is 20.9. The summed E-state index contributed by atoms with van der Waals surface area (Å²) < 4.78 is 7.81. The fourth-order valence-corrected chi connectivity index (χ4v) is 4.91. The van der Waals surface area contributed by atoms with E-state index in [0.29, 0.717) is 23.0 Å². The number of thiocarbonyl (C=S) groups is 1. The number of carbonyl (C=O) groups is 1. The third-order valence-corrected chi connectivity index (χ3v) is 6.59. The van der Waals surface area contributed by atoms with Gasteiger partial charge < -0.3 is 24.8 Å². The molecule has 7 nitrogen and oxygen atoms in total. The van der Waals surface area contributed by atoms with Gasteiger partial charge in [-0.25, -0.2) is 0 Å². The molecule has 2 aromatic heterocycles. The van der Waals surface area contributed by atoms with Crippen LogP contribution >= 0.6 is 12.2 Å². The van der Waals surface area contributed by atoms with Gasteiger partial charge in [-0.15, -0.1) is 0 Å². The fraction of sp³-hybridized carbons (Fsp3) is 0.179. The number of benzene rings is 2. The molecule has 0 unspecified atom stereocenters. The van der Waals surface area contributed by atoms with E-state index in [4.69, 9.17) is 17.0 Å². The Kier molecular flexibility index (Phi) is 6.69. The number of aromatic nitrogens is 2. The molecule has 5 rings (SSSR count). The first-order chi connectivity index (χ1) is 17.6. The Morgan fingerprint density at radius 2 is 1.86 bits per heavy atom. The Morgan fingerprint density at radius 1 is 1.06 bits per heavy atom. The van der Waals surface area contributed by atoms with E-state index in [1.54, 1.807) is 13.3 Å². The van der Waals surface area contributed by atoms with Crippen molar-refractivity contribution in [3.8, 4) is 11.4 Å². The maximum absolute atomic E-state index is 12.0. The van der Waals surface area contributed by atoms with Gasteiger partial charge in [0.25, 0.3) is 0 Å². The number of nitrogens with one attached hydrogen (secondary N) is 2. The van der Waals surface area contributed by atoms with Crippen LogP contribution in [0.2, 0.25) is 0 Å². The third-order valence-electron chi connectivity index (χ3n) is 6.27. The predicted molar refractivity (Wildman–Crippen MR) is 146 cm³/mol. The van der Waals surface area contributed by atoms with Crippen molar-refractivity contribution in [1.29, 1.82) is 0 Å². The first-order valence-corrected chi connectivity index (χ1v) is 12.2. The van der Waals surface area contributed by atoms with Gasteiger partial charge in [0.1, 0.15) is 11.8 Å². The van der Waals surface area contributed by atoms with Gasteiger partial charge in [-0.05, 0) is 60.7 Å². The summed E-state index contributed by atoms with van der Waals surface area (Å²) in [5.41, 5.74) is 4.49. The minimum atomic E-state index is -0.191. The van der Waals surface area contributed by atoms with Gasteiger partial charge >= 0.3 is 0 Å². The van der Waals surface area contributed by atoms with E-state index < -0.39 is 0 Å². The van der Waals surface area contributed by atoms with Gasteiger partial charge in [-0.3, -0.25) is 9.78 Å². The molecule has 1 fully saturated rings. The monoisotopic (exact) mass is 497 g/mol. The van der Waals surface area contributed by atoms with Gasteiger partial charge in [0.2, 0.25) is 5.91 Å². The molecule has 4 aromatic rings. The second-order valence-electron chi connectivity index (χ2n) is 8.42. The number of para-hydroxylation sites is 1. The molecule has 1 saturated heterocycles. The molecule has 182 valence electrons. The average Bonchev–Trinajstić information content (AvgIpc) is 3.54. The molecule has 1 aliphatic heterocycles. The molecular weight excluding hydrogens is 470 g/mol. The van der Waals surface area contributed by atoms with Gasteiger partial charge in [0.05, 0.1) is 24.5 Å². The number of nitrogens with zero attached hydrogens (tertiary/aromatic N) is 3. The van der Waals surface area contributed by atoms with Gasteiger partial charge in [-0.2, -0.15) is 0 Å². The lowest BCUT2D eigenvalue weighted by Gasteiger charge is -2.29. The molecule has 0 saturated carbocycles. The summed E-state index contributed by atoms with van der Waals surface area (Å²) in [4.78, 5) is 18.7. The van der Waals surface area contributed by atoms with Crippen LogP contribution in [0.25, 0.3) is 5.69 Å². The quantitative estimate of drug-likeness (QED) is 0.333. The van der Waals surface area contributed by atoms with E-state index in [1.807, 2.05) is 67.6 Å². The van der Waals surface area contributed by atoms with E-state index in [-0.39, 0.29) is 18.0 Å². The van der Waals surface area contributed by atoms with Crippen LogP contribution in [0.5, 0.6) is 5.75 Å². The highest BCUT2D eigenvalue weighted by Crippen LogP contribution is 2.43. The largest absolute Gasteiger partial charge is 0.494 e. The van der Waals surface area contributed by atoms with E-state index >= 15 is 0 Å². The van der Waals surface area contributed by atoms with Crippen LogP contribution in [-0.4, -0.2) is 27.7 Å². The highest BCUT2D eigenvalue weighted by atomic mass is 32.1. The standard InChI is InChI=1S/C28H27N5O2S/c1-3-25(34)30-21-15-14-20(18-24(21)35-2)33-27(26(31-28(33)36)22-12-7-8-16-29-22)23-13-9-17-32(23)19-10-5-4-6-11-19/h4-18,26-27H,3H2,1-2H3,(H,30,34)(H,31,36)/t26-,27+/m1/s1. The molecule has 1 aliphatic rings. The molecular formula is C28H27N5O2S. The zero-order valence-electron chi connectivity index (χ0n) is 20.1. The third kappa shape index (κ3) is 4.43. The maximum Gasteiger partial charge on any atom is 0.224 e. The van der Waals surface area contributed by atoms with E-state index in [9.17, 15) is 4.79 Å². The second-order valence-corrected chi connectivity index (χ2v) is 8.81. The van der Waals surface area contributed by atoms with Crippen LogP contribution in [0.15, 0.2) is 91.3 Å². The van der Waals surface area contributed by atoms with Crippen molar-refractivity contribution < 1.29 is 9.53 Å². The number of hydrogen-bond donors (Lipinski definition) is 2. The van der Waals surface area contributed by atoms with Crippen LogP contribution in [0, 0.1) is 0 Å². The second kappa shape index (κ2) is 10.2. The lowest BCUT2D eigenvalue weighted by atomic mass is 10.0. The summed E-state index contributed by atoms with van der Waals surface area (Å²) in [6.45, 7) is 1.81. The lowest BCUT2D eigenvalue weighted by Crippen LogP contribution is -2.30. The van der Waals surface area contributed by atoms with Crippen molar-refractivity contribution in [3.63, 3.8) is 0 Å². The summed E-state index contributed by atoms with van der Waals surface area (Å²) in [6, 6.07) is 25.6. The molecule has 2 N–H and O–H groups in total. The van der Waals surface area contributed by atoms with Crippen LogP contribution in [0.3, 0.4) is 0 Å². The average molecular weight is 498 g/mol. The SMILES string of the molecule is CCC(=O)Nc1ccc(N2C(=S)N[C@H](c3ccccn3)[C@@H]2c2cccn2-c2ccccc2)cc1OC. The normalized spacial score (nSPS) is 17.1. The first-order valence-electron chi connectivity index (χ1n) is 11.8. The van der Waals surface area contributed by atoms with Crippen LogP contribution in [0.1, 0.15) is 36.8 Å². The van der Waals surface area contributed by atoms with Gasteiger partial charge in [0.15, 0.2) is 5.11 Å². The highest BCUT2D eigenvalue weighted by Gasteiger charge is 2.42. The van der Waals surface area contributed by atoms with Crippen LogP contribution < -0.4 is 20.3 Å². The Hall–Kier alpha value is -4.17. The summed E-state index contributed by atoms with van der Waals surface area (Å²) in [6.07, 6.45) is 4.24. The van der Waals surface area contributed by atoms with Crippen LogP contribution in [-0.2, 0) is 4.79 Å². The minimum absolute atomic E-state index is 0.0757. The summed E-state index contributed by atoms with van der Waals surface area (Å²) in [5.74, 6) is 0.490. The molecule has 8 heteroatoms. The van der Waals surface area contributed by atoms with Crippen molar-refractivity contribution in [1.82, 2.24) is 14.9 Å². The highest BCUT2D eigenvalue weighted by molar-refractivity contribution is 7.80. The van der Waals surface area contributed by atoms with Gasteiger partial charge in [-0.1, -0.05) is 31.2 Å². The molecule has 0 spiro atoms. The molecule has 1 amide bonds. The maximum atomic E-state index is 12.0. The number of hydrogen-bond acceptors (Lipinski definition) is 4. The van der Waals surface area contributed by atoms with E-state index in [2.05, 4.69) is 49.5 Å². The molecule has 0 aliphatic carbocycles. The Morgan fingerprint density at radius 3 is 2.58 bits per heavy atom. The van der Waals surface area contributed by atoms with E-state index in [1.165, 1.54) is 0 Å². The number of ether oxygens (including phenoxy) is 1. The molecule has 2 aromatic carbocycles. The minimum Gasteiger partial charge on any atom is -0.494 e. The number of carbonyl (C=O) groups excluding carboxylic acids is 1. The van der Waals surface area contributed by atoms with Crippen molar-refractivity contribution in [2.75, 3.05) is 17.3 Å². The molecule has 0 radical (unpaired) electrons. The van der Waals surface area contributed by atoms with Crippen molar-refractivity contribution in [2.45, 2.75) is 25.4 Å². The molecule has 0 bridgehead atoms. The predicted octanol–water partition coefficient (Wildman–Crippen LogP) is 5.41. The Balaban J connectivity index is 1.62. The first kappa shape index (κ1) is 23.6. The summed E-state index contributed by atoms with van der Waals surface area (Å²) >= 11 is 5.88. The number of anilines is 2. The van der Waals surface area contributed by atoms with E-state index in [0.717, 1.165) is 22.8 Å². The van der Waals surface area contributed by atoms with Crippen molar-refractivity contribution in [3.05, 3.63) is 103 Å². The summed E-state index contributed by atoms with van der Waals surface area (Å²) in [7, 11) is 1.59. The number of amides is 1. The Bertz CT molecular complexity index is 1370. The number of methoxy groups -OCH3 is 1. The summed E-state index contributed by atoms with van der Waals surface area (Å²) in [5, 5.41) is 6.99. The smallest absolute Gasteiger partial charge is 0.224 e. The fourth-order valence-electron chi connectivity index (χ4n) is 4.56. The number of pyridine rings is 1. The topological polar surface area (TPSA) is 71.4 Å². The molecule has 2 atom stereocenters. The molecule has 36 heavy (non-hydrogen) atoms. The van der Waals surface area contributed by atoms with Crippen LogP contribution in [0.4, 0.5) is 11.4 Å². The van der Waals surface area contributed by atoms with Gasteiger partial charge in [0, 0.05) is 41.9 Å².